The number of carbonyl (C=O) groups is 1. The van der Waals surface area contributed by atoms with Crippen molar-refractivity contribution in [2.24, 2.45) is 13.0 Å². The molecule has 18 heavy (non-hydrogen) atoms. The van der Waals surface area contributed by atoms with E-state index in [1.165, 1.54) is 0 Å². The largest absolute Gasteiger partial charge is 0.350 e. The lowest BCUT2D eigenvalue weighted by molar-refractivity contribution is -0.125. The third-order valence-electron chi connectivity index (χ3n) is 3.49. The maximum atomic E-state index is 12.1. The average Bonchev–Trinajstić information content (AvgIpc) is 2.59. The molecule has 1 aliphatic rings. The normalized spacial score (nSPS) is 20.4. The molecular formula is C13H22N4O. The summed E-state index contributed by atoms with van der Waals surface area (Å²) >= 11 is 0. The highest BCUT2D eigenvalue weighted by Gasteiger charge is 2.19. The van der Waals surface area contributed by atoms with Crippen molar-refractivity contribution in [2.45, 2.75) is 32.7 Å². The van der Waals surface area contributed by atoms with Crippen LogP contribution in [0.5, 0.6) is 0 Å². The van der Waals surface area contributed by atoms with Gasteiger partial charge in [0.15, 0.2) is 0 Å². The molecule has 5 heteroatoms. The highest BCUT2D eigenvalue weighted by atomic mass is 16.1. The van der Waals surface area contributed by atoms with Crippen LogP contribution < -0.4 is 10.6 Å². The molecule has 1 amide bonds. The number of amides is 1. The van der Waals surface area contributed by atoms with Gasteiger partial charge in [0.2, 0.25) is 5.91 Å². The molecule has 1 atom stereocenters. The van der Waals surface area contributed by atoms with Gasteiger partial charge in [0.25, 0.3) is 0 Å². The molecule has 2 rings (SSSR count). The fraction of sp³-hybridized carbons (Fsp3) is 0.692. The number of carbonyl (C=O) groups excluding carboxylic acids is 1. The van der Waals surface area contributed by atoms with Gasteiger partial charge in [-0.1, -0.05) is 0 Å². The van der Waals surface area contributed by atoms with Crippen LogP contribution in [0.3, 0.4) is 0 Å². The van der Waals surface area contributed by atoms with Gasteiger partial charge in [0.05, 0.1) is 17.9 Å². The Hall–Kier alpha value is -1.36. The summed E-state index contributed by atoms with van der Waals surface area (Å²) < 4.78 is 1.82. The van der Waals surface area contributed by atoms with Crippen LogP contribution in [0, 0.1) is 12.8 Å². The Morgan fingerprint density at radius 1 is 1.56 bits per heavy atom. The fourth-order valence-corrected chi connectivity index (χ4v) is 2.43. The number of hydrogen-bond donors (Lipinski definition) is 2. The molecule has 1 saturated heterocycles. The summed E-state index contributed by atoms with van der Waals surface area (Å²) in [7, 11) is 1.91. The lowest BCUT2D eigenvalue weighted by atomic mass is 10.00. The standard InChI is InChI=1S/C13H22N4O/c1-10-8-12(17(2)16-10)9-15-13(18)11-4-3-6-14-7-5-11/h8,11,14H,3-7,9H2,1-2H3,(H,15,18). The lowest BCUT2D eigenvalue weighted by Gasteiger charge is -2.13. The third kappa shape index (κ3) is 3.32. The summed E-state index contributed by atoms with van der Waals surface area (Å²) in [5, 5.41) is 10.6. The highest BCUT2D eigenvalue weighted by molar-refractivity contribution is 5.78. The molecule has 1 aromatic heterocycles. The summed E-state index contributed by atoms with van der Waals surface area (Å²) in [5.41, 5.74) is 2.04. The Morgan fingerprint density at radius 2 is 2.39 bits per heavy atom. The number of aromatic nitrogens is 2. The summed E-state index contributed by atoms with van der Waals surface area (Å²) in [6, 6.07) is 2.01. The molecule has 0 bridgehead atoms. The SMILES string of the molecule is Cc1cc(CNC(=O)C2CCCNCC2)n(C)n1. The van der Waals surface area contributed by atoms with E-state index < -0.39 is 0 Å². The van der Waals surface area contributed by atoms with Gasteiger partial charge in [-0.25, -0.2) is 0 Å². The maximum absolute atomic E-state index is 12.1. The summed E-state index contributed by atoms with van der Waals surface area (Å²) in [5.74, 6) is 0.340. The van der Waals surface area contributed by atoms with Gasteiger partial charge in [-0.2, -0.15) is 5.10 Å². The smallest absolute Gasteiger partial charge is 0.223 e. The summed E-state index contributed by atoms with van der Waals surface area (Å²) in [4.78, 5) is 12.1. The molecule has 0 aliphatic carbocycles. The molecule has 0 saturated carbocycles. The van der Waals surface area contributed by atoms with Crippen LogP contribution in [0.2, 0.25) is 0 Å². The van der Waals surface area contributed by atoms with E-state index in [0.717, 1.165) is 43.7 Å². The molecule has 1 aromatic rings. The van der Waals surface area contributed by atoms with Crippen molar-refractivity contribution in [3.8, 4) is 0 Å². The minimum absolute atomic E-state index is 0.161. The Morgan fingerprint density at radius 3 is 3.11 bits per heavy atom. The van der Waals surface area contributed by atoms with Crippen molar-refractivity contribution in [3.05, 3.63) is 17.5 Å². The first-order valence-electron chi connectivity index (χ1n) is 6.65. The Bertz CT molecular complexity index is 405. The first kappa shape index (κ1) is 13.1. The molecule has 0 aromatic carbocycles. The first-order valence-corrected chi connectivity index (χ1v) is 6.65. The lowest BCUT2D eigenvalue weighted by Crippen LogP contribution is -2.31. The van der Waals surface area contributed by atoms with Gasteiger partial charge in [0.1, 0.15) is 0 Å². The van der Waals surface area contributed by atoms with Crippen LogP contribution in [0.25, 0.3) is 0 Å². The van der Waals surface area contributed by atoms with Crippen LogP contribution in [-0.2, 0) is 18.4 Å². The molecule has 2 heterocycles. The van der Waals surface area contributed by atoms with E-state index in [4.69, 9.17) is 0 Å². The quantitative estimate of drug-likeness (QED) is 0.831. The Balaban J connectivity index is 1.85. The van der Waals surface area contributed by atoms with E-state index in [1.807, 2.05) is 24.7 Å². The van der Waals surface area contributed by atoms with E-state index in [2.05, 4.69) is 15.7 Å². The van der Waals surface area contributed by atoms with Crippen LogP contribution in [0.1, 0.15) is 30.7 Å². The van der Waals surface area contributed by atoms with Gasteiger partial charge >= 0.3 is 0 Å². The molecular weight excluding hydrogens is 228 g/mol. The van der Waals surface area contributed by atoms with Gasteiger partial charge in [0, 0.05) is 13.0 Å². The van der Waals surface area contributed by atoms with Crippen LogP contribution in [-0.4, -0.2) is 28.8 Å². The van der Waals surface area contributed by atoms with E-state index >= 15 is 0 Å². The number of rotatable bonds is 3. The van der Waals surface area contributed by atoms with Crippen molar-refractivity contribution in [1.82, 2.24) is 20.4 Å². The van der Waals surface area contributed by atoms with Gasteiger partial charge in [-0.15, -0.1) is 0 Å². The van der Waals surface area contributed by atoms with Gasteiger partial charge in [-0.3, -0.25) is 9.48 Å². The number of aryl methyl sites for hydroxylation is 2. The third-order valence-corrected chi connectivity index (χ3v) is 3.49. The van der Waals surface area contributed by atoms with E-state index in [0.29, 0.717) is 6.54 Å². The van der Waals surface area contributed by atoms with Crippen molar-refractivity contribution < 1.29 is 4.79 Å². The molecule has 100 valence electrons. The molecule has 2 N–H and O–H groups in total. The summed E-state index contributed by atoms with van der Waals surface area (Å²) in [6.45, 7) is 4.51. The van der Waals surface area contributed by atoms with E-state index in [9.17, 15) is 4.79 Å². The Labute approximate surface area is 108 Å². The van der Waals surface area contributed by atoms with Crippen LogP contribution >= 0.6 is 0 Å². The molecule has 1 aliphatic heterocycles. The molecule has 1 unspecified atom stereocenters. The zero-order chi connectivity index (χ0) is 13.0. The van der Waals surface area contributed by atoms with E-state index in [-0.39, 0.29) is 11.8 Å². The fourth-order valence-electron chi connectivity index (χ4n) is 2.43. The van der Waals surface area contributed by atoms with E-state index in [1.54, 1.807) is 0 Å². The predicted octanol–water partition coefficient (Wildman–Crippen LogP) is 0.734. The first-order chi connectivity index (χ1) is 8.66. The van der Waals surface area contributed by atoms with Crippen molar-refractivity contribution >= 4 is 5.91 Å². The molecule has 0 radical (unpaired) electrons. The second-order valence-corrected chi connectivity index (χ2v) is 5.00. The topological polar surface area (TPSA) is 59.0 Å². The monoisotopic (exact) mass is 250 g/mol. The second kappa shape index (κ2) is 6.00. The number of nitrogens with one attached hydrogen (secondary N) is 2. The van der Waals surface area contributed by atoms with Crippen LogP contribution in [0.15, 0.2) is 6.07 Å². The number of nitrogens with zero attached hydrogens (tertiary/aromatic N) is 2. The molecule has 5 nitrogen and oxygen atoms in total. The summed E-state index contributed by atoms with van der Waals surface area (Å²) in [6.07, 6.45) is 3.02. The van der Waals surface area contributed by atoms with Crippen molar-refractivity contribution in [3.63, 3.8) is 0 Å². The van der Waals surface area contributed by atoms with Crippen LogP contribution in [0.4, 0.5) is 0 Å². The van der Waals surface area contributed by atoms with Gasteiger partial charge < -0.3 is 10.6 Å². The molecule has 1 fully saturated rings. The minimum atomic E-state index is 0.161. The maximum Gasteiger partial charge on any atom is 0.223 e. The Kier molecular flexibility index (Phi) is 4.36. The minimum Gasteiger partial charge on any atom is -0.350 e. The zero-order valence-corrected chi connectivity index (χ0v) is 11.2. The average molecular weight is 250 g/mol. The van der Waals surface area contributed by atoms with Crippen molar-refractivity contribution in [1.29, 1.82) is 0 Å². The molecule has 0 spiro atoms. The highest BCUT2D eigenvalue weighted by Crippen LogP contribution is 2.13. The van der Waals surface area contributed by atoms with Crippen molar-refractivity contribution in [2.75, 3.05) is 13.1 Å². The second-order valence-electron chi connectivity index (χ2n) is 5.00. The zero-order valence-electron chi connectivity index (χ0n) is 11.2. The predicted molar refractivity (Wildman–Crippen MR) is 70.0 cm³/mol. The number of hydrogen-bond acceptors (Lipinski definition) is 3. The van der Waals surface area contributed by atoms with Gasteiger partial charge in [-0.05, 0) is 45.3 Å².